The zero-order valence-corrected chi connectivity index (χ0v) is 12.8. The summed E-state index contributed by atoms with van der Waals surface area (Å²) in [6, 6.07) is 12.8. The second-order valence-electron chi connectivity index (χ2n) is 5.50. The number of aldehydes is 1. The van der Waals surface area contributed by atoms with E-state index in [-0.39, 0.29) is 5.56 Å². The van der Waals surface area contributed by atoms with Crippen LogP contribution in [0.3, 0.4) is 0 Å². The molecule has 0 saturated heterocycles. The van der Waals surface area contributed by atoms with Gasteiger partial charge in [0, 0.05) is 23.7 Å². The number of hydrogen-bond donors (Lipinski definition) is 1. The molecular formula is C19H17NO3. The Morgan fingerprint density at radius 2 is 1.91 bits per heavy atom. The third-order valence-corrected chi connectivity index (χ3v) is 4.07. The Kier molecular flexibility index (Phi) is 3.98. The van der Waals surface area contributed by atoms with Gasteiger partial charge in [0.2, 0.25) is 0 Å². The average Bonchev–Trinajstić information content (AvgIpc) is 2.93. The third-order valence-electron chi connectivity index (χ3n) is 4.07. The molecule has 0 atom stereocenters. The number of carboxylic acid groups (broad SMARTS) is 1. The first-order chi connectivity index (χ1) is 11.1. The van der Waals surface area contributed by atoms with Crippen molar-refractivity contribution in [1.29, 1.82) is 0 Å². The zero-order valence-electron chi connectivity index (χ0n) is 12.8. The number of benzene rings is 2. The normalized spacial score (nSPS) is 10.8. The molecule has 0 saturated carbocycles. The summed E-state index contributed by atoms with van der Waals surface area (Å²) in [6.45, 7) is 2.69. The summed E-state index contributed by atoms with van der Waals surface area (Å²) in [7, 11) is 0. The van der Waals surface area contributed by atoms with E-state index in [4.69, 9.17) is 5.11 Å². The van der Waals surface area contributed by atoms with Crippen LogP contribution in [0.15, 0.2) is 48.7 Å². The van der Waals surface area contributed by atoms with Crippen molar-refractivity contribution in [1.82, 2.24) is 4.57 Å². The summed E-state index contributed by atoms with van der Waals surface area (Å²) in [5.74, 6) is -0.931. The van der Waals surface area contributed by atoms with Crippen LogP contribution in [0.1, 0.15) is 38.8 Å². The van der Waals surface area contributed by atoms with Crippen molar-refractivity contribution in [2.75, 3.05) is 0 Å². The van der Waals surface area contributed by atoms with Crippen molar-refractivity contribution in [3.63, 3.8) is 0 Å². The van der Waals surface area contributed by atoms with E-state index in [1.165, 1.54) is 5.56 Å². The molecule has 0 amide bonds. The van der Waals surface area contributed by atoms with Gasteiger partial charge in [0.25, 0.3) is 0 Å². The van der Waals surface area contributed by atoms with Gasteiger partial charge in [-0.1, -0.05) is 37.3 Å². The van der Waals surface area contributed by atoms with Gasteiger partial charge < -0.3 is 9.67 Å². The number of para-hydroxylation sites is 1. The van der Waals surface area contributed by atoms with Crippen LogP contribution in [0.4, 0.5) is 0 Å². The fourth-order valence-electron chi connectivity index (χ4n) is 2.92. The molecular weight excluding hydrogens is 290 g/mol. The van der Waals surface area contributed by atoms with E-state index in [2.05, 4.69) is 17.6 Å². The molecule has 0 fully saturated rings. The molecule has 2 aromatic carbocycles. The first kappa shape index (κ1) is 15.0. The number of carboxylic acids is 1. The highest BCUT2D eigenvalue weighted by Gasteiger charge is 2.11. The van der Waals surface area contributed by atoms with Crippen LogP contribution in [0, 0.1) is 0 Å². The van der Waals surface area contributed by atoms with Crippen molar-refractivity contribution in [3.8, 4) is 0 Å². The SMILES string of the molecule is CCc1cccc2c(C=O)cn(Cc3ccc(C(=O)O)cc3)c12. The number of aromatic nitrogens is 1. The molecule has 0 unspecified atom stereocenters. The van der Waals surface area contributed by atoms with Gasteiger partial charge in [-0.25, -0.2) is 4.79 Å². The number of rotatable bonds is 5. The standard InChI is InChI=1S/C19H17NO3/c1-2-14-4-3-5-17-16(12-21)11-20(18(14)17)10-13-6-8-15(9-7-13)19(22)23/h3-9,11-12H,2,10H2,1H3,(H,22,23). The minimum atomic E-state index is -0.931. The smallest absolute Gasteiger partial charge is 0.335 e. The summed E-state index contributed by atoms with van der Waals surface area (Å²) < 4.78 is 2.06. The minimum Gasteiger partial charge on any atom is -0.478 e. The lowest BCUT2D eigenvalue weighted by Crippen LogP contribution is -2.01. The summed E-state index contributed by atoms with van der Waals surface area (Å²) in [4.78, 5) is 22.3. The Labute approximate surface area is 134 Å². The second kappa shape index (κ2) is 6.08. The van der Waals surface area contributed by atoms with Gasteiger partial charge >= 0.3 is 5.97 Å². The molecule has 23 heavy (non-hydrogen) atoms. The Morgan fingerprint density at radius 1 is 1.17 bits per heavy atom. The summed E-state index contributed by atoms with van der Waals surface area (Å²) in [5.41, 5.74) is 4.21. The van der Waals surface area contributed by atoms with E-state index in [1.807, 2.05) is 30.5 Å². The summed E-state index contributed by atoms with van der Waals surface area (Å²) >= 11 is 0. The minimum absolute atomic E-state index is 0.272. The fourth-order valence-corrected chi connectivity index (χ4v) is 2.92. The molecule has 3 rings (SSSR count). The highest BCUT2D eigenvalue weighted by molar-refractivity contribution is 5.99. The summed E-state index contributed by atoms with van der Waals surface area (Å²) in [6.07, 6.45) is 3.63. The monoisotopic (exact) mass is 307 g/mol. The summed E-state index contributed by atoms with van der Waals surface area (Å²) in [5, 5.41) is 9.93. The van der Waals surface area contributed by atoms with Crippen molar-refractivity contribution in [2.45, 2.75) is 19.9 Å². The van der Waals surface area contributed by atoms with Gasteiger partial charge in [-0.15, -0.1) is 0 Å². The van der Waals surface area contributed by atoms with Crippen LogP contribution in [-0.2, 0) is 13.0 Å². The van der Waals surface area contributed by atoms with E-state index < -0.39 is 5.97 Å². The number of carbonyl (C=O) groups is 2. The molecule has 0 bridgehead atoms. The van der Waals surface area contributed by atoms with Crippen LogP contribution in [0.25, 0.3) is 10.9 Å². The molecule has 4 heteroatoms. The van der Waals surface area contributed by atoms with Crippen LogP contribution >= 0.6 is 0 Å². The molecule has 0 aliphatic carbocycles. The molecule has 0 spiro atoms. The maximum Gasteiger partial charge on any atom is 0.335 e. The molecule has 4 nitrogen and oxygen atoms in total. The maximum atomic E-state index is 11.3. The second-order valence-corrected chi connectivity index (χ2v) is 5.50. The van der Waals surface area contributed by atoms with Crippen molar-refractivity contribution >= 4 is 23.2 Å². The molecule has 3 aromatic rings. The number of carbonyl (C=O) groups excluding carboxylic acids is 1. The van der Waals surface area contributed by atoms with Crippen LogP contribution in [-0.4, -0.2) is 21.9 Å². The number of nitrogens with zero attached hydrogens (tertiary/aromatic N) is 1. The average molecular weight is 307 g/mol. The van der Waals surface area contributed by atoms with E-state index in [9.17, 15) is 9.59 Å². The first-order valence-electron chi connectivity index (χ1n) is 7.52. The number of hydrogen-bond acceptors (Lipinski definition) is 2. The Hall–Kier alpha value is -2.88. The van der Waals surface area contributed by atoms with Gasteiger partial charge in [-0.05, 0) is 29.7 Å². The van der Waals surface area contributed by atoms with Crippen LogP contribution in [0.2, 0.25) is 0 Å². The van der Waals surface area contributed by atoms with Crippen LogP contribution in [0.5, 0.6) is 0 Å². The lowest BCUT2D eigenvalue weighted by atomic mass is 10.1. The Morgan fingerprint density at radius 3 is 2.52 bits per heavy atom. The Balaban J connectivity index is 2.05. The largest absolute Gasteiger partial charge is 0.478 e. The van der Waals surface area contributed by atoms with Gasteiger partial charge in [0.15, 0.2) is 6.29 Å². The molecule has 116 valence electrons. The van der Waals surface area contributed by atoms with Crippen LogP contribution < -0.4 is 0 Å². The molecule has 0 aliphatic heterocycles. The van der Waals surface area contributed by atoms with E-state index >= 15 is 0 Å². The third kappa shape index (κ3) is 2.75. The Bertz CT molecular complexity index is 876. The number of aryl methyl sites for hydroxylation is 1. The van der Waals surface area contributed by atoms with Gasteiger partial charge in [0.1, 0.15) is 0 Å². The fraction of sp³-hybridized carbons (Fsp3) is 0.158. The van der Waals surface area contributed by atoms with E-state index in [0.717, 1.165) is 29.2 Å². The van der Waals surface area contributed by atoms with Crippen molar-refractivity contribution in [3.05, 3.63) is 70.9 Å². The lowest BCUT2D eigenvalue weighted by Gasteiger charge is -2.09. The zero-order chi connectivity index (χ0) is 16.4. The molecule has 1 N–H and O–H groups in total. The molecule has 1 aromatic heterocycles. The van der Waals surface area contributed by atoms with Gasteiger partial charge in [-0.2, -0.15) is 0 Å². The maximum absolute atomic E-state index is 11.3. The molecule has 0 aliphatic rings. The first-order valence-corrected chi connectivity index (χ1v) is 7.52. The molecule has 1 heterocycles. The predicted molar refractivity (Wildman–Crippen MR) is 89.2 cm³/mol. The lowest BCUT2D eigenvalue weighted by molar-refractivity contribution is 0.0696. The van der Waals surface area contributed by atoms with Crippen molar-refractivity contribution < 1.29 is 14.7 Å². The van der Waals surface area contributed by atoms with Crippen molar-refractivity contribution in [2.24, 2.45) is 0 Å². The van der Waals surface area contributed by atoms with E-state index in [1.54, 1.807) is 12.1 Å². The van der Waals surface area contributed by atoms with Gasteiger partial charge in [0.05, 0.1) is 11.1 Å². The predicted octanol–water partition coefficient (Wildman–Crippen LogP) is 3.76. The molecule has 0 radical (unpaired) electrons. The van der Waals surface area contributed by atoms with Gasteiger partial charge in [-0.3, -0.25) is 4.79 Å². The highest BCUT2D eigenvalue weighted by atomic mass is 16.4. The number of fused-ring (bicyclic) bond motifs is 1. The van der Waals surface area contributed by atoms with E-state index in [0.29, 0.717) is 12.1 Å². The quantitative estimate of drug-likeness (QED) is 0.730. The highest BCUT2D eigenvalue weighted by Crippen LogP contribution is 2.25. The topological polar surface area (TPSA) is 59.3 Å². The number of aromatic carboxylic acids is 1.